The Labute approximate surface area is 168 Å². The van der Waals surface area contributed by atoms with Crippen LogP contribution in [0.3, 0.4) is 0 Å². The van der Waals surface area contributed by atoms with Gasteiger partial charge in [0.1, 0.15) is 6.61 Å². The van der Waals surface area contributed by atoms with Crippen LogP contribution in [0.25, 0.3) is 0 Å². The zero-order valence-corrected chi connectivity index (χ0v) is 16.2. The van der Waals surface area contributed by atoms with Crippen LogP contribution in [0, 0.1) is 4.78 Å². The average molecular weight is 462 g/mol. The molecule has 12 heteroatoms. The summed E-state index contributed by atoms with van der Waals surface area (Å²) < 4.78 is 61.4. The third-order valence-electron chi connectivity index (χ3n) is 2.82. The molecule has 0 saturated carbocycles. The Morgan fingerprint density at radius 2 is 1.63 bits per heavy atom. The van der Waals surface area contributed by atoms with Gasteiger partial charge in [0.15, 0.2) is 0 Å². The molecule has 0 spiro atoms. The van der Waals surface area contributed by atoms with Crippen LogP contribution in [0.1, 0.15) is 16.7 Å². The maximum absolute atomic E-state index is 12.9. The number of hydrogen-bond donors (Lipinski definition) is 1. The van der Waals surface area contributed by atoms with Gasteiger partial charge in [0.2, 0.25) is 0 Å². The molecule has 2 aromatic carbocycles. The minimum absolute atomic E-state index is 0.00554. The molecule has 0 heterocycles. The molecule has 27 heavy (non-hydrogen) atoms. The minimum Gasteiger partial charge on any atom is -0.391 e. The predicted octanol–water partition coefficient (Wildman–Crippen LogP) is 5.84. The number of alkyl halides is 3. The first-order valence-electron chi connectivity index (χ1n) is 6.77. The highest BCUT2D eigenvalue weighted by Gasteiger charge is 2.32. The second-order valence-electron chi connectivity index (χ2n) is 4.71. The molecule has 5 nitrogen and oxygen atoms in total. The summed E-state index contributed by atoms with van der Waals surface area (Å²) in [6.07, 6.45) is -3.55. The van der Waals surface area contributed by atoms with Gasteiger partial charge in [-0.1, -0.05) is 46.0 Å². The molecule has 0 atom stereocenters. The smallest absolute Gasteiger partial charge is 0.391 e. The van der Waals surface area contributed by atoms with Gasteiger partial charge in [-0.2, -0.15) is 26.4 Å². The fourth-order valence-electron chi connectivity index (χ4n) is 1.74. The number of hydrogen-bond acceptors (Lipinski definition) is 5. The zero-order chi connectivity index (χ0) is 20.6. The van der Waals surface area contributed by atoms with Crippen molar-refractivity contribution in [1.29, 1.82) is 4.78 Å². The second kappa shape index (κ2) is 10.5. The normalized spacial score (nSPS) is 11.0. The van der Waals surface area contributed by atoms with Crippen molar-refractivity contribution in [3.63, 3.8) is 0 Å². The largest absolute Gasteiger partial charge is 0.417 e. The molecule has 2 aromatic rings. The molecule has 0 amide bonds. The van der Waals surface area contributed by atoms with E-state index >= 15 is 0 Å². The fraction of sp³-hybridized carbons (Fsp3) is 0.133. The molecular weight excluding hydrogens is 452 g/mol. The van der Waals surface area contributed by atoms with Crippen molar-refractivity contribution in [3.05, 3.63) is 68.2 Å². The van der Waals surface area contributed by atoms with Crippen LogP contribution in [-0.2, 0) is 28.1 Å². The quantitative estimate of drug-likeness (QED) is 0.458. The molecule has 0 aliphatic rings. The van der Waals surface area contributed by atoms with E-state index in [0.717, 1.165) is 24.4 Å². The highest BCUT2D eigenvalue weighted by molar-refractivity contribution is 7.60. The zero-order valence-electron chi connectivity index (χ0n) is 13.1. The molecule has 1 N–H and O–H groups in total. The molecule has 0 aliphatic heterocycles. The van der Waals surface area contributed by atoms with E-state index in [-0.39, 0.29) is 17.2 Å². The van der Waals surface area contributed by atoms with Gasteiger partial charge in [-0.25, -0.2) is 0 Å². The molecule has 0 fully saturated rings. The number of halogens is 6. The molecular formula is C15H10Cl3F3N2O3S. The van der Waals surface area contributed by atoms with Crippen molar-refractivity contribution in [2.24, 2.45) is 5.16 Å². The molecule has 0 unspecified atom stereocenters. The lowest BCUT2D eigenvalue weighted by atomic mass is 10.1. The van der Waals surface area contributed by atoms with Crippen molar-refractivity contribution in [2.75, 3.05) is 0 Å². The topological polar surface area (TPSA) is 79.6 Å². The summed E-state index contributed by atoms with van der Waals surface area (Å²) in [5.41, 5.74) is -0.429. The van der Waals surface area contributed by atoms with E-state index < -0.39 is 22.2 Å². The van der Waals surface area contributed by atoms with E-state index in [1.807, 2.05) is 0 Å². The Morgan fingerprint density at radius 3 is 2.19 bits per heavy atom. The third-order valence-corrected chi connectivity index (χ3v) is 3.64. The van der Waals surface area contributed by atoms with Crippen LogP contribution in [-0.4, -0.2) is 14.6 Å². The predicted molar refractivity (Wildman–Crippen MR) is 96.9 cm³/mol. The van der Waals surface area contributed by atoms with E-state index in [2.05, 4.69) is 5.16 Å². The molecule has 0 saturated heterocycles. The van der Waals surface area contributed by atoms with Crippen LogP contribution in [0.15, 0.2) is 41.6 Å². The minimum atomic E-state index is -4.51. The van der Waals surface area contributed by atoms with E-state index in [9.17, 15) is 13.2 Å². The van der Waals surface area contributed by atoms with Gasteiger partial charge >= 0.3 is 16.7 Å². The molecule has 2 rings (SSSR count). The van der Waals surface area contributed by atoms with Gasteiger partial charge in [0.05, 0.1) is 11.8 Å². The molecule has 0 radical (unpaired) electrons. The lowest BCUT2D eigenvalue weighted by Gasteiger charge is -2.10. The number of nitrogens with one attached hydrogen (secondary N) is 1. The van der Waals surface area contributed by atoms with Crippen molar-refractivity contribution < 1.29 is 26.4 Å². The van der Waals surface area contributed by atoms with Crippen molar-refractivity contribution in [2.45, 2.75) is 12.8 Å². The van der Waals surface area contributed by atoms with E-state index in [4.69, 9.17) is 52.8 Å². The summed E-state index contributed by atoms with van der Waals surface area (Å²) >= 11 is 17.4. The maximum atomic E-state index is 12.9. The number of oxime groups is 1. The van der Waals surface area contributed by atoms with Crippen LogP contribution in [0.5, 0.6) is 0 Å². The first kappa shape index (κ1) is 23.2. The van der Waals surface area contributed by atoms with Crippen molar-refractivity contribution in [3.8, 4) is 0 Å². The lowest BCUT2D eigenvalue weighted by Crippen LogP contribution is -2.08. The summed E-state index contributed by atoms with van der Waals surface area (Å²) in [6, 6.07) is 8.00. The highest BCUT2D eigenvalue weighted by Crippen LogP contribution is 2.32. The maximum Gasteiger partial charge on any atom is 0.417 e. The summed E-state index contributed by atoms with van der Waals surface area (Å²) in [6.45, 7) is -0.00554. The lowest BCUT2D eigenvalue weighted by molar-refractivity contribution is -0.137. The van der Waals surface area contributed by atoms with Crippen LogP contribution < -0.4 is 0 Å². The summed E-state index contributed by atoms with van der Waals surface area (Å²) in [5.74, 6) is 0. The number of nitrogens with zero attached hydrogens (tertiary/aromatic N) is 1. The number of rotatable bonds is 4. The summed E-state index contributed by atoms with van der Waals surface area (Å²) in [5, 5.41) is 4.56. The first-order valence-corrected chi connectivity index (χ1v) is 8.98. The molecule has 0 aromatic heterocycles. The number of benzene rings is 2. The Balaban J connectivity index is 0.000000828. The third kappa shape index (κ3) is 8.61. The molecule has 146 valence electrons. The van der Waals surface area contributed by atoms with Crippen LogP contribution in [0.2, 0.25) is 15.1 Å². The van der Waals surface area contributed by atoms with Gasteiger partial charge in [-0.05, 0) is 30.3 Å². The van der Waals surface area contributed by atoms with E-state index in [1.165, 1.54) is 6.07 Å². The van der Waals surface area contributed by atoms with Gasteiger partial charge in [0.25, 0.3) is 0 Å². The van der Waals surface area contributed by atoms with Crippen molar-refractivity contribution in [1.82, 2.24) is 0 Å². The summed E-state index contributed by atoms with van der Waals surface area (Å²) in [4.78, 5) is 4.98. The molecule has 0 aliphatic carbocycles. The van der Waals surface area contributed by atoms with E-state index in [1.54, 1.807) is 12.1 Å². The van der Waals surface area contributed by atoms with Gasteiger partial charge in [-0.3, -0.25) is 0 Å². The first-order chi connectivity index (χ1) is 12.5. The summed E-state index contributed by atoms with van der Waals surface area (Å²) in [7, 11) is -2.61. The Bertz CT molecular complexity index is 929. The van der Waals surface area contributed by atoms with Crippen molar-refractivity contribution >= 4 is 51.5 Å². The Hall–Kier alpha value is -1.81. The van der Waals surface area contributed by atoms with Crippen LogP contribution >= 0.6 is 34.8 Å². The SMILES string of the molecule is FC(F)(F)c1ccc(Cl)cc1/C=N/OCc1ccc(Cl)cc1Cl.N=S(=O)=O. The van der Waals surface area contributed by atoms with Gasteiger partial charge in [0, 0.05) is 26.2 Å². The average Bonchev–Trinajstić information content (AvgIpc) is 2.51. The monoisotopic (exact) mass is 460 g/mol. The fourth-order valence-corrected chi connectivity index (χ4v) is 2.38. The second-order valence-corrected chi connectivity index (χ2v) is 6.46. The Kier molecular flexibility index (Phi) is 9.04. The van der Waals surface area contributed by atoms with E-state index in [0.29, 0.717) is 15.6 Å². The Morgan fingerprint density at radius 1 is 1.07 bits per heavy atom. The standard InChI is InChI=1S/C15H9Cl3F3NO.HNO2S/c16-11-3-4-13(15(19,20)21)10(5-11)7-22-23-8-9-1-2-12(17)6-14(9)18;1-4(2)3/h1-7H,8H2;1H/b22-7+;. The van der Waals surface area contributed by atoms with Gasteiger partial charge in [-0.15, -0.1) is 0 Å². The van der Waals surface area contributed by atoms with Crippen LogP contribution in [0.4, 0.5) is 13.2 Å². The molecule has 0 bridgehead atoms. The van der Waals surface area contributed by atoms with Gasteiger partial charge < -0.3 is 4.84 Å². The highest BCUT2D eigenvalue weighted by atomic mass is 35.5.